The molecule has 5 nitrogen and oxygen atoms in total. The number of allylic oxidation sites excluding steroid dienone is 1. The molecule has 3 heterocycles. The van der Waals surface area contributed by atoms with Gasteiger partial charge in [0.2, 0.25) is 0 Å². The third kappa shape index (κ3) is 2.95. The Morgan fingerprint density at radius 2 is 2.10 bits per heavy atom. The number of hydrogen-bond donors (Lipinski definition) is 0. The van der Waals surface area contributed by atoms with Crippen LogP contribution in [-0.2, 0) is 11.8 Å². The van der Waals surface area contributed by atoms with Crippen LogP contribution in [0.5, 0.6) is 0 Å². The molecule has 0 unspecified atom stereocenters. The summed E-state index contributed by atoms with van der Waals surface area (Å²) in [5, 5.41) is 5.55. The van der Waals surface area contributed by atoms with Crippen LogP contribution in [0.1, 0.15) is 11.3 Å². The Balaban J connectivity index is 0.00000161. The van der Waals surface area contributed by atoms with Gasteiger partial charge in [-0.15, -0.1) is 0 Å². The molecule has 102 valence electrons. The van der Waals surface area contributed by atoms with Gasteiger partial charge in [-0.1, -0.05) is 0 Å². The van der Waals surface area contributed by atoms with Crippen molar-refractivity contribution < 1.29 is 4.79 Å². The molecule has 3 rings (SSSR count). The van der Waals surface area contributed by atoms with Crippen molar-refractivity contribution in [3.05, 3.63) is 48.1 Å². The van der Waals surface area contributed by atoms with E-state index in [0.717, 1.165) is 34.3 Å². The summed E-state index contributed by atoms with van der Waals surface area (Å²) >= 11 is 0. The van der Waals surface area contributed by atoms with Gasteiger partial charge in [0.15, 0.2) is 0 Å². The molecule has 3 aromatic heterocycles. The third-order valence-corrected chi connectivity index (χ3v) is 3.30. The molecule has 3 aromatic rings. The molecule has 0 spiro atoms. The monoisotopic (exact) mass is 306 g/mol. The molecule has 0 fully saturated rings. The van der Waals surface area contributed by atoms with Gasteiger partial charge in [0.05, 0.1) is 17.4 Å². The molecule has 0 bridgehead atoms. The van der Waals surface area contributed by atoms with Crippen molar-refractivity contribution in [2.24, 2.45) is 7.05 Å². The maximum atomic E-state index is 10.6. The van der Waals surface area contributed by atoms with E-state index in [1.54, 1.807) is 12.3 Å². The van der Waals surface area contributed by atoms with E-state index >= 15 is 0 Å². The van der Waals surface area contributed by atoms with E-state index in [1.807, 2.05) is 47.7 Å². The molecule has 0 aromatic carbocycles. The summed E-state index contributed by atoms with van der Waals surface area (Å²) in [5.41, 5.74) is 2.82. The van der Waals surface area contributed by atoms with Crippen LogP contribution < -0.4 is 0 Å². The number of aromatic nitrogens is 4. The summed E-state index contributed by atoms with van der Waals surface area (Å²) < 4.78 is 3.85. The quantitative estimate of drug-likeness (QED) is 0.420. The molecule has 6 heteroatoms. The van der Waals surface area contributed by atoms with E-state index in [0.29, 0.717) is 0 Å². The zero-order chi connectivity index (χ0) is 14.1. The van der Waals surface area contributed by atoms with E-state index in [-0.39, 0.29) is 51.4 Å². The van der Waals surface area contributed by atoms with Gasteiger partial charge in [-0.25, -0.2) is 0 Å². The molecule has 0 saturated carbocycles. The number of nitrogens with zero attached hydrogens (tertiary/aromatic N) is 4. The minimum absolute atomic E-state index is 0. The topological polar surface area (TPSA) is 52.7 Å². The summed E-state index contributed by atoms with van der Waals surface area (Å²) in [6.07, 6.45) is 9.62. The van der Waals surface area contributed by atoms with Crippen molar-refractivity contribution in [3.63, 3.8) is 0 Å². The summed E-state index contributed by atoms with van der Waals surface area (Å²) in [4.78, 5) is 14.8. The second-order valence-electron chi connectivity index (χ2n) is 4.56. The van der Waals surface area contributed by atoms with Gasteiger partial charge < -0.3 is 0 Å². The fourth-order valence-electron chi connectivity index (χ4n) is 2.44. The molecule has 21 heavy (non-hydrogen) atoms. The molecule has 0 radical (unpaired) electrons. The van der Waals surface area contributed by atoms with Crippen molar-refractivity contribution in [1.82, 2.24) is 19.3 Å². The maximum absolute atomic E-state index is 10.6. The van der Waals surface area contributed by atoms with Gasteiger partial charge in [0, 0.05) is 30.4 Å². The van der Waals surface area contributed by atoms with Crippen molar-refractivity contribution in [1.29, 1.82) is 0 Å². The number of carbonyl (C=O) groups excluding carboxylic acids is 1. The van der Waals surface area contributed by atoms with E-state index < -0.39 is 0 Å². The summed E-state index contributed by atoms with van der Waals surface area (Å²) in [5.74, 6) is 0.920. The fourth-order valence-corrected chi connectivity index (χ4v) is 2.44. The SMILES string of the molecule is Cc1nn(C)c(-n2ccc3ccncc32)c1/C=C/C=O.[KH]. The van der Waals surface area contributed by atoms with Gasteiger partial charge >= 0.3 is 51.4 Å². The van der Waals surface area contributed by atoms with E-state index in [9.17, 15) is 4.79 Å². The average molecular weight is 306 g/mol. The van der Waals surface area contributed by atoms with Crippen molar-refractivity contribution in [2.75, 3.05) is 0 Å². The molecule has 0 N–H and O–H groups in total. The summed E-state index contributed by atoms with van der Waals surface area (Å²) in [6.45, 7) is 1.93. The number of hydrogen-bond acceptors (Lipinski definition) is 3. The standard InChI is InChI=1S/C15H14N4O.K.H/c1-11-13(4-3-9-20)15(18(2)17-11)19-8-6-12-5-7-16-10-14(12)19;;/h3-10H,1-2H3;;/b4-3+;;. The normalized spacial score (nSPS) is 11.0. The Kier molecular flexibility index (Phi) is 5.29. The third-order valence-electron chi connectivity index (χ3n) is 3.30. The fraction of sp³-hybridized carbons (Fsp3) is 0.133. The average Bonchev–Trinajstić information content (AvgIpc) is 2.97. The zero-order valence-electron chi connectivity index (χ0n) is 11.3. The molecule has 0 aliphatic rings. The van der Waals surface area contributed by atoms with Crippen molar-refractivity contribution >= 4 is 74.6 Å². The molecular formula is C15H15KN4O. The van der Waals surface area contributed by atoms with E-state index in [4.69, 9.17) is 0 Å². The van der Waals surface area contributed by atoms with Crippen LogP contribution >= 0.6 is 0 Å². The molecule has 0 atom stereocenters. The van der Waals surface area contributed by atoms with Crippen LogP contribution in [0.15, 0.2) is 36.8 Å². The number of carbonyl (C=O) groups is 1. The zero-order valence-corrected chi connectivity index (χ0v) is 11.3. The molecule has 0 saturated heterocycles. The van der Waals surface area contributed by atoms with Crippen LogP contribution in [0, 0.1) is 6.92 Å². The van der Waals surface area contributed by atoms with Crippen molar-refractivity contribution in [2.45, 2.75) is 6.92 Å². The van der Waals surface area contributed by atoms with E-state index in [2.05, 4.69) is 10.1 Å². The first kappa shape index (κ1) is 16.3. The second-order valence-corrected chi connectivity index (χ2v) is 4.56. The molecule has 0 aliphatic heterocycles. The Morgan fingerprint density at radius 1 is 1.29 bits per heavy atom. The Bertz CT molecular complexity index is 816. The van der Waals surface area contributed by atoms with Gasteiger partial charge in [-0.3, -0.25) is 19.0 Å². The number of pyridine rings is 1. The van der Waals surface area contributed by atoms with Crippen molar-refractivity contribution in [3.8, 4) is 5.82 Å². The predicted molar refractivity (Wildman–Crippen MR) is 84.8 cm³/mol. The summed E-state index contributed by atoms with van der Waals surface area (Å²) in [6, 6.07) is 4.00. The minimum atomic E-state index is 0. The van der Waals surface area contributed by atoms with Gasteiger partial charge in [-0.2, -0.15) is 5.10 Å². The Morgan fingerprint density at radius 3 is 2.86 bits per heavy atom. The Labute approximate surface area is 165 Å². The number of aryl methyl sites for hydroxylation is 2. The molecule has 0 aliphatic carbocycles. The van der Waals surface area contributed by atoms with Gasteiger partial charge in [-0.05, 0) is 31.2 Å². The number of fused-ring (bicyclic) bond motifs is 1. The first-order chi connectivity index (χ1) is 9.72. The number of rotatable bonds is 3. The molecule has 0 amide bonds. The number of aldehydes is 1. The van der Waals surface area contributed by atoms with Crippen LogP contribution in [0.3, 0.4) is 0 Å². The molecular weight excluding hydrogens is 291 g/mol. The Hall–Kier alpha value is -1.05. The van der Waals surface area contributed by atoms with E-state index in [1.165, 1.54) is 6.08 Å². The second kappa shape index (κ2) is 6.80. The summed E-state index contributed by atoms with van der Waals surface area (Å²) in [7, 11) is 1.89. The van der Waals surface area contributed by atoms with Crippen LogP contribution in [0.25, 0.3) is 22.8 Å². The van der Waals surface area contributed by atoms with Crippen LogP contribution in [-0.4, -0.2) is 77.0 Å². The first-order valence-corrected chi connectivity index (χ1v) is 6.29. The van der Waals surface area contributed by atoms with Crippen LogP contribution in [0.4, 0.5) is 0 Å². The van der Waals surface area contributed by atoms with Crippen LogP contribution in [0.2, 0.25) is 0 Å². The van der Waals surface area contributed by atoms with Gasteiger partial charge in [0.1, 0.15) is 12.1 Å². The van der Waals surface area contributed by atoms with Gasteiger partial charge in [0.25, 0.3) is 0 Å². The first-order valence-electron chi connectivity index (χ1n) is 6.29. The predicted octanol–water partition coefficient (Wildman–Crippen LogP) is 1.63.